The highest BCUT2D eigenvalue weighted by Gasteiger charge is 2.11. The summed E-state index contributed by atoms with van der Waals surface area (Å²) in [4.78, 5) is 0. The van der Waals surface area contributed by atoms with Crippen LogP contribution < -0.4 is 0 Å². The van der Waals surface area contributed by atoms with Gasteiger partial charge in [-0.3, -0.25) is 0 Å². The molecule has 0 unspecified atom stereocenters. The van der Waals surface area contributed by atoms with Gasteiger partial charge in [-0.2, -0.15) is 0 Å². The van der Waals surface area contributed by atoms with E-state index < -0.39 is 0 Å². The largest absolute Gasteiger partial charge is 0.0805 e. The molecule has 65 heavy (non-hydrogen) atoms. The second-order valence-corrected chi connectivity index (χ2v) is 23.1. The van der Waals surface area contributed by atoms with Crippen molar-refractivity contribution in [1.29, 1.82) is 0 Å². The molecule has 0 aliphatic heterocycles. The quantitative estimate of drug-likeness (QED) is 0.138. The van der Waals surface area contributed by atoms with Crippen molar-refractivity contribution in [2.75, 3.05) is 0 Å². The van der Waals surface area contributed by atoms with Crippen LogP contribution in [0.2, 0.25) is 0 Å². The van der Waals surface area contributed by atoms with Gasteiger partial charge in [0.2, 0.25) is 0 Å². The Hall–Kier alpha value is -4.94. The van der Waals surface area contributed by atoms with Crippen molar-refractivity contribution in [2.24, 2.45) is 21.7 Å². The summed E-state index contributed by atoms with van der Waals surface area (Å²) in [6, 6.07) is 45.6. The summed E-state index contributed by atoms with van der Waals surface area (Å²) in [6.45, 7) is 42.4. The van der Waals surface area contributed by atoms with E-state index in [1.807, 2.05) is 0 Å². The van der Waals surface area contributed by atoms with E-state index in [1.54, 1.807) is 0 Å². The maximum atomic E-state index is 2.34. The minimum atomic E-state index is 0.352. The van der Waals surface area contributed by atoms with Gasteiger partial charge in [0, 0.05) is 0 Å². The first-order valence-electron chi connectivity index (χ1n) is 24.1. The first kappa shape index (κ1) is 56.2. The Morgan fingerprint density at radius 3 is 0.708 bits per heavy atom. The third-order valence-corrected chi connectivity index (χ3v) is 11.1. The molecule has 0 heteroatoms. The lowest BCUT2D eigenvalue weighted by Gasteiger charge is -2.15. The molecule has 0 radical (unpaired) electrons. The van der Waals surface area contributed by atoms with Gasteiger partial charge in [-0.05, 0) is 151 Å². The normalized spacial score (nSPS) is 12.8. The molecule has 5 rings (SSSR count). The maximum absolute atomic E-state index is 2.34. The Kier molecular flexibility index (Phi) is 22.7. The third kappa shape index (κ3) is 25.4. The standard InChI is InChI=1S/C20H24.3C15H22/c1-16(14-15-20(2,3)4)17-10-12-19(13-11-17)18-8-6-5-7-9-18;3*1-12-6-8-14(9-7-12)13(2)10-11-15(3,4)5/h5-14H,15H2,1-4H3;3*6-10H,11H2,1-5H3/b16-14+;3*13-10+. The van der Waals surface area contributed by atoms with Crippen molar-refractivity contribution < 1.29 is 0 Å². The first-order chi connectivity index (χ1) is 30.1. The zero-order valence-corrected chi connectivity index (χ0v) is 44.8. The fourth-order valence-electron chi connectivity index (χ4n) is 6.31. The molecular formula is C65H90. The molecule has 0 heterocycles. The van der Waals surface area contributed by atoms with Crippen molar-refractivity contribution in [3.05, 3.63) is 191 Å². The molecule has 0 bridgehead atoms. The number of benzene rings is 5. The number of rotatable bonds is 9. The molecule has 0 aliphatic carbocycles. The Morgan fingerprint density at radius 2 is 0.492 bits per heavy atom. The van der Waals surface area contributed by atoms with Crippen LogP contribution in [0, 0.1) is 42.4 Å². The lowest BCUT2D eigenvalue weighted by Crippen LogP contribution is -2.02. The summed E-state index contributed by atoms with van der Waals surface area (Å²) < 4.78 is 0. The fraction of sp³-hybridized carbons (Fsp3) is 0.415. The molecule has 5 aromatic carbocycles. The second-order valence-electron chi connectivity index (χ2n) is 23.1. The van der Waals surface area contributed by atoms with E-state index in [4.69, 9.17) is 0 Å². The average molecular weight is 871 g/mol. The lowest BCUT2D eigenvalue weighted by molar-refractivity contribution is 0.420. The number of aryl methyl sites for hydroxylation is 3. The van der Waals surface area contributed by atoms with Gasteiger partial charge in [0.1, 0.15) is 0 Å². The van der Waals surface area contributed by atoms with Crippen LogP contribution in [0.4, 0.5) is 0 Å². The maximum Gasteiger partial charge on any atom is -0.0184 e. The van der Waals surface area contributed by atoms with Gasteiger partial charge >= 0.3 is 0 Å². The zero-order chi connectivity index (χ0) is 49.0. The summed E-state index contributed by atoms with van der Waals surface area (Å²) in [6.07, 6.45) is 13.9. The smallest absolute Gasteiger partial charge is 0.0184 e. The average Bonchev–Trinajstić information content (AvgIpc) is 3.24. The van der Waals surface area contributed by atoms with Crippen LogP contribution >= 0.6 is 0 Å². The Morgan fingerprint density at radius 1 is 0.292 bits per heavy atom. The summed E-state index contributed by atoms with van der Waals surface area (Å²) in [5.41, 5.74) is 18.8. The number of hydrogen-bond acceptors (Lipinski definition) is 0. The van der Waals surface area contributed by atoms with Crippen LogP contribution in [0.15, 0.2) is 152 Å². The van der Waals surface area contributed by atoms with Gasteiger partial charge in [-0.25, -0.2) is 0 Å². The SMILES string of the molecule is C/C(=C\CC(C)(C)C)c1ccc(-c2ccccc2)cc1.C/C(=C\CC(C)(C)C)c1ccc(C)cc1.C/C(=C\CC(C)(C)C)c1ccc(C)cc1.C/C(=C\CC(C)(C)C)c1ccc(C)cc1. The molecule has 0 aliphatic rings. The molecule has 0 atom stereocenters. The van der Waals surface area contributed by atoms with Crippen LogP contribution in [0.5, 0.6) is 0 Å². The molecule has 0 aromatic heterocycles. The second kappa shape index (κ2) is 26.3. The number of allylic oxidation sites excluding steroid dienone is 8. The molecule has 0 saturated heterocycles. The molecule has 0 amide bonds. The van der Waals surface area contributed by atoms with Crippen molar-refractivity contribution in [3.63, 3.8) is 0 Å². The monoisotopic (exact) mass is 871 g/mol. The third-order valence-electron chi connectivity index (χ3n) is 11.1. The molecule has 5 aromatic rings. The predicted molar refractivity (Wildman–Crippen MR) is 296 cm³/mol. The Labute approximate surface area is 401 Å². The molecule has 0 saturated carbocycles. The minimum Gasteiger partial charge on any atom is -0.0805 e. The van der Waals surface area contributed by atoms with E-state index in [0.717, 1.165) is 25.7 Å². The highest BCUT2D eigenvalue weighted by Crippen LogP contribution is 2.28. The van der Waals surface area contributed by atoms with Gasteiger partial charge in [0.25, 0.3) is 0 Å². The van der Waals surface area contributed by atoms with E-state index in [9.17, 15) is 0 Å². The molecule has 0 nitrogen and oxygen atoms in total. The van der Waals surface area contributed by atoms with Crippen LogP contribution in [-0.4, -0.2) is 0 Å². The van der Waals surface area contributed by atoms with Crippen LogP contribution in [0.25, 0.3) is 33.4 Å². The van der Waals surface area contributed by atoms with Gasteiger partial charge in [-0.1, -0.05) is 251 Å². The highest BCUT2D eigenvalue weighted by atomic mass is 14.2. The summed E-state index contributed by atoms with van der Waals surface area (Å²) in [7, 11) is 0. The van der Waals surface area contributed by atoms with Gasteiger partial charge in [0.15, 0.2) is 0 Å². The molecule has 0 spiro atoms. The fourth-order valence-corrected chi connectivity index (χ4v) is 6.31. The highest BCUT2D eigenvalue weighted by molar-refractivity contribution is 5.70. The summed E-state index contributed by atoms with van der Waals surface area (Å²) in [5.74, 6) is 0. The minimum absolute atomic E-state index is 0.352. The summed E-state index contributed by atoms with van der Waals surface area (Å²) >= 11 is 0. The van der Waals surface area contributed by atoms with E-state index in [0.29, 0.717) is 21.7 Å². The van der Waals surface area contributed by atoms with Gasteiger partial charge in [0.05, 0.1) is 0 Å². The van der Waals surface area contributed by atoms with Crippen molar-refractivity contribution in [1.82, 2.24) is 0 Å². The van der Waals surface area contributed by atoms with Crippen molar-refractivity contribution >= 4 is 22.3 Å². The van der Waals surface area contributed by atoms with E-state index >= 15 is 0 Å². The van der Waals surface area contributed by atoms with Crippen molar-refractivity contribution in [3.8, 4) is 11.1 Å². The van der Waals surface area contributed by atoms with Gasteiger partial charge in [-0.15, -0.1) is 0 Å². The predicted octanol–water partition coefficient (Wildman–Crippen LogP) is 20.7. The van der Waals surface area contributed by atoms with Crippen LogP contribution in [-0.2, 0) is 0 Å². The topological polar surface area (TPSA) is 0 Å². The molecule has 350 valence electrons. The van der Waals surface area contributed by atoms with E-state index in [-0.39, 0.29) is 0 Å². The van der Waals surface area contributed by atoms with Crippen LogP contribution in [0.3, 0.4) is 0 Å². The zero-order valence-electron chi connectivity index (χ0n) is 44.8. The van der Waals surface area contributed by atoms with Gasteiger partial charge < -0.3 is 0 Å². The molecular weight excluding hydrogens is 781 g/mol. The van der Waals surface area contributed by atoms with Crippen molar-refractivity contribution in [2.45, 2.75) is 157 Å². The summed E-state index contributed by atoms with van der Waals surface area (Å²) in [5, 5.41) is 0. The molecule has 0 N–H and O–H groups in total. The van der Waals surface area contributed by atoms with E-state index in [1.165, 1.54) is 72.4 Å². The van der Waals surface area contributed by atoms with E-state index in [2.05, 4.69) is 283 Å². The Balaban J connectivity index is 0.000000301. The van der Waals surface area contributed by atoms with Crippen LogP contribution in [0.1, 0.15) is 175 Å². The first-order valence-corrected chi connectivity index (χ1v) is 24.1. The Bertz CT molecular complexity index is 2050. The lowest BCUT2D eigenvalue weighted by atomic mass is 9.90. The number of hydrogen-bond donors (Lipinski definition) is 0. The molecule has 0 fully saturated rings.